The fourth-order valence-corrected chi connectivity index (χ4v) is 2.56. The first-order valence-electron chi connectivity index (χ1n) is 4.80. The van der Waals surface area contributed by atoms with Crippen LogP contribution in [0.3, 0.4) is 0 Å². The third-order valence-corrected chi connectivity index (χ3v) is 3.61. The predicted molar refractivity (Wildman–Crippen MR) is 61.7 cm³/mol. The summed E-state index contributed by atoms with van der Waals surface area (Å²) in [7, 11) is 1.96. The second-order valence-corrected chi connectivity index (χ2v) is 4.65. The van der Waals surface area contributed by atoms with Gasteiger partial charge in [0.25, 0.3) is 0 Å². The summed E-state index contributed by atoms with van der Waals surface area (Å²) in [6, 6.07) is 0.0384. The van der Waals surface area contributed by atoms with Gasteiger partial charge in [-0.15, -0.1) is 11.3 Å². The maximum absolute atomic E-state index is 5.86. The normalized spacial score (nSPS) is 13.1. The molecule has 15 heavy (non-hydrogen) atoms. The Hall–Kier alpha value is -1.20. The van der Waals surface area contributed by atoms with Gasteiger partial charge in [-0.2, -0.15) is 0 Å². The molecule has 0 saturated carbocycles. The average molecular weight is 222 g/mol. The van der Waals surface area contributed by atoms with E-state index in [9.17, 15) is 0 Å². The van der Waals surface area contributed by atoms with Crippen molar-refractivity contribution in [2.24, 2.45) is 12.8 Å². The Kier molecular flexibility index (Phi) is 2.58. The molecular weight excluding hydrogens is 208 g/mol. The SMILES string of the molecule is Cc1nc(-c2nccn2C)sc1C(C)N. The molecule has 2 aromatic rings. The zero-order valence-electron chi connectivity index (χ0n) is 9.06. The monoisotopic (exact) mass is 222 g/mol. The van der Waals surface area contributed by atoms with E-state index in [0.717, 1.165) is 21.4 Å². The molecule has 4 nitrogen and oxygen atoms in total. The number of rotatable bonds is 2. The lowest BCUT2D eigenvalue weighted by molar-refractivity contribution is 0.825. The van der Waals surface area contributed by atoms with E-state index < -0.39 is 0 Å². The lowest BCUT2D eigenvalue weighted by Crippen LogP contribution is -2.03. The van der Waals surface area contributed by atoms with Gasteiger partial charge in [-0.25, -0.2) is 9.97 Å². The van der Waals surface area contributed by atoms with Gasteiger partial charge in [0.2, 0.25) is 0 Å². The standard InChI is InChI=1S/C10H14N4S/c1-6(11)8-7(2)13-10(15-8)9-12-4-5-14(9)3/h4-6H,11H2,1-3H3. The van der Waals surface area contributed by atoms with Crippen LogP contribution in [0.2, 0.25) is 0 Å². The summed E-state index contributed by atoms with van der Waals surface area (Å²) >= 11 is 1.62. The molecule has 0 saturated heterocycles. The Labute approximate surface area is 92.8 Å². The van der Waals surface area contributed by atoms with E-state index in [1.165, 1.54) is 0 Å². The third kappa shape index (κ3) is 1.80. The van der Waals surface area contributed by atoms with Crippen LogP contribution in [0.1, 0.15) is 23.5 Å². The second-order valence-electron chi connectivity index (χ2n) is 3.62. The van der Waals surface area contributed by atoms with Crippen molar-refractivity contribution in [3.05, 3.63) is 23.0 Å². The molecule has 2 aromatic heterocycles. The summed E-state index contributed by atoms with van der Waals surface area (Å²) in [5, 5.41) is 0.937. The summed E-state index contributed by atoms with van der Waals surface area (Å²) in [5.74, 6) is 0.898. The zero-order chi connectivity index (χ0) is 11.0. The third-order valence-electron chi connectivity index (χ3n) is 2.26. The molecule has 0 spiro atoms. The van der Waals surface area contributed by atoms with Crippen molar-refractivity contribution in [2.75, 3.05) is 0 Å². The van der Waals surface area contributed by atoms with Gasteiger partial charge in [0, 0.05) is 30.4 Å². The maximum atomic E-state index is 5.86. The molecule has 0 aromatic carbocycles. The molecule has 2 N–H and O–H groups in total. The van der Waals surface area contributed by atoms with Gasteiger partial charge >= 0.3 is 0 Å². The topological polar surface area (TPSA) is 56.7 Å². The van der Waals surface area contributed by atoms with E-state index >= 15 is 0 Å². The van der Waals surface area contributed by atoms with Crippen molar-refractivity contribution < 1.29 is 0 Å². The maximum Gasteiger partial charge on any atom is 0.168 e. The van der Waals surface area contributed by atoms with Crippen molar-refractivity contribution in [3.63, 3.8) is 0 Å². The molecule has 0 aliphatic carbocycles. The van der Waals surface area contributed by atoms with Crippen molar-refractivity contribution in [2.45, 2.75) is 19.9 Å². The number of hydrogen-bond acceptors (Lipinski definition) is 4. The van der Waals surface area contributed by atoms with Crippen LogP contribution in [0.4, 0.5) is 0 Å². The minimum atomic E-state index is 0.0384. The first-order chi connectivity index (χ1) is 7.09. The van der Waals surface area contributed by atoms with Crippen LogP contribution in [0.25, 0.3) is 10.8 Å². The van der Waals surface area contributed by atoms with Gasteiger partial charge in [0.1, 0.15) is 0 Å². The summed E-state index contributed by atoms with van der Waals surface area (Å²) in [6.07, 6.45) is 3.69. The Morgan fingerprint density at radius 3 is 2.73 bits per heavy atom. The highest BCUT2D eigenvalue weighted by Gasteiger charge is 2.14. The van der Waals surface area contributed by atoms with Crippen molar-refractivity contribution in [3.8, 4) is 10.8 Å². The molecule has 0 aliphatic heterocycles. The number of hydrogen-bond donors (Lipinski definition) is 1. The van der Waals surface area contributed by atoms with E-state index in [2.05, 4.69) is 9.97 Å². The summed E-state index contributed by atoms with van der Waals surface area (Å²) in [6.45, 7) is 3.96. The fourth-order valence-electron chi connectivity index (χ4n) is 1.50. The smallest absolute Gasteiger partial charge is 0.168 e. The van der Waals surface area contributed by atoms with Crippen LogP contribution >= 0.6 is 11.3 Å². The largest absolute Gasteiger partial charge is 0.332 e. The van der Waals surface area contributed by atoms with E-state index in [1.54, 1.807) is 17.5 Å². The fraction of sp³-hybridized carbons (Fsp3) is 0.400. The molecule has 0 aliphatic rings. The number of aryl methyl sites for hydroxylation is 2. The number of thiazole rings is 1. The highest BCUT2D eigenvalue weighted by Crippen LogP contribution is 2.29. The molecule has 0 amide bonds. The molecule has 0 radical (unpaired) electrons. The Morgan fingerprint density at radius 2 is 2.27 bits per heavy atom. The van der Waals surface area contributed by atoms with Crippen LogP contribution in [-0.4, -0.2) is 14.5 Å². The van der Waals surface area contributed by atoms with Gasteiger partial charge in [-0.1, -0.05) is 0 Å². The predicted octanol–water partition coefficient (Wildman–Crippen LogP) is 1.87. The van der Waals surface area contributed by atoms with Gasteiger partial charge in [0.05, 0.1) is 5.69 Å². The molecule has 1 atom stereocenters. The Balaban J connectivity index is 2.47. The lowest BCUT2D eigenvalue weighted by atomic mass is 10.2. The molecule has 2 heterocycles. The summed E-state index contributed by atoms with van der Waals surface area (Å²) in [5.41, 5.74) is 6.87. The van der Waals surface area contributed by atoms with Crippen LogP contribution < -0.4 is 5.73 Å². The molecule has 0 bridgehead atoms. The van der Waals surface area contributed by atoms with Crippen molar-refractivity contribution >= 4 is 11.3 Å². The minimum Gasteiger partial charge on any atom is -0.332 e. The number of imidazole rings is 1. The number of nitrogens with zero attached hydrogens (tertiary/aromatic N) is 3. The summed E-state index contributed by atoms with van der Waals surface area (Å²) in [4.78, 5) is 9.89. The van der Waals surface area contributed by atoms with E-state index in [0.29, 0.717) is 0 Å². The second kappa shape index (κ2) is 3.75. The van der Waals surface area contributed by atoms with Crippen LogP contribution in [-0.2, 0) is 7.05 Å². The minimum absolute atomic E-state index is 0.0384. The highest BCUT2D eigenvalue weighted by molar-refractivity contribution is 7.15. The molecule has 80 valence electrons. The number of nitrogens with two attached hydrogens (primary N) is 1. The molecule has 5 heteroatoms. The van der Waals surface area contributed by atoms with E-state index in [-0.39, 0.29) is 6.04 Å². The van der Waals surface area contributed by atoms with E-state index in [1.807, 2.05) is 31.7 Å². The van der Waals surface area contributed by atoms with E-state index in [4.69, 9.17) is 5.73 Å². The quantitative estimate of drug-likeness (QED) is 0.844. The lowest BCUT2D eigenvalue weighted by Gasteiger charge is -1.99. The van der Waals surface area contributed by atoms with Gasteiger partial charge in [0.15, 0.2) is 10.8 Å². The molecule has 1 unspecified atom stereocenters. The Morgan fingerprint density at radius 1 is 1.53 bits per heavy atom. The molecular formula is C10H14N4S. The van der Waals surface area contributed by atoms with Gasteiger partial charge in [-0.05, 0) is 13.8 Å². The highest BCUT2D eigenvalue weighted by atomic mass is 32.1. The van der Waals surface area contributed by atoms with Crippen LogP contribution in [0.5, 0.6) is 0 Å². The zero-order valence-corrected chi connectivity index (χ0v) is 9.88. The van der Waals surface area contributed by atoms with Gasteiger partial charge < -0.3 is 10.3 Å². The summed E-state index contributed by atoms with van der Waals surface area (Å²) < 4.78 is 1.96. The molecule has 2 rings (SSSR count). The Bertz CT molecular complexity index is 469. The van der Waals surface area contributed by atoms with Crippen molar-refractivity contribution in [1.29, 1.82) is 0 Å². The van der Waals surface area contributed by atoms with Crippen LogP contribution in [0, 0.1) is 6.92 Å². The number of aromatic nitrogens is 3. The first-order valence-corrected chi connectivity index (χ1v) is 5.62. The van der Waals surface area contributed by atoms with Crippen molar-refractivity contribution in [1.82, 2.24) is 14.5 Å². The van der Waals surface area contributed by atoms with Gasteiger partial charge in [-0.3, -0.25) is 0 Å². The average Bonchev–Trinajstić information content (AvgIpc) is 2.71. The molecule has 0 fully saturated rings. The van der Waals surface area contributed by atoms with Crippen LogP contribution in [0.15, 0.2) is 12.4 Å². The first kappa shape index (κ1) is 10.3.